The summed E-state index contributed by atoms with van der Waals surface area (Å²) in [4.78, 5) is 6.03. The van der Waals surface area contributed by atoms with Crippen molar-refractivity contribution >= 4 is 5.96 Å². The molecule has 0 aromatic heterocycles. The van der Waals surface area contributed by atoms with Crippen molar-refractivity contribution in [2.45, 2.75) is 6.54 Å². The SMILES string of the molecule is CN=C(N)NCc1cccc(OCCN(C)CCOC)c1. The average molecular weight is 294 g/mol. The molecule has 0 aliphatic carbocycles. The van der Waals surface area contributed by atoms with Crippen molar-refractivity contribution < 1.29 is 9.47 Å². The van der Waals surface area contributed by atoms with Crippen LogP contribution in [0.4, 0.5) is 0 Å². The van der Waals surface area contributed by atoms with Gasteiger partial charge >= 0.3 is 0 Å². The molecule has 1 rings (SSSR count). The van der Waals surface area contributed by atoms with Crippen LogP contribution in [0.3, 0.4) is 0 Å². The van der Waals surface area contributed by atoms with E-state index in [1.54, 1.807) is 14.2 Å². The number of aliphatic imine (C=N–C) groups is 1. The van der Waals surface area contributed by atoms with Crippen LogP contribution in [0.1, 0.15) is 5.56 Å². The van der Waals surface area contributed by atoms with Crippen molar-refractivity contribution in [3.8, 4) is 5.75 Å². The van der Waals surface area contributed by atoms with Crippen LogP contribution in [0.2, 0.25) is 0 Å². The summed E-state index contributed by atoms with van der Waals surface area (Å²) >= 11 is 0. The van der Waals surface area contributed by atoms with Gasteiger partial charge in [-0.2, -0.15) is 0 Å². The van der Waals surface area contributed by atoms with E-state index in [1.165, 1.54) is 0 Å². The number of rotatable bonds is 9. The number of nitrogens with one attached hydrogen (secondary N) is 1. The van der Waals surface area contributed by atoms with Crippen molar-refractivity contribution in [1.29, 1.82) is 0 Å². The molecule has 0 bridgehead atoms. The maximum absolute atomic E-state index is 5.76. The highest BCUT2D eigenvalue weighted by Crippen LogP contribution is 2.13. The first kappa shape index (κ1) is 17.3. The number of hydrogen-bond donors (Lipinski definition) is 2. The molecule has 21 heavy (non-hydrogen) atoms. The summed E-state index contributed by atoms with van der Waals surface area (Å²) in [5.41, 5.74) is 6.71. The number of nitrogens with zero attached hydrogens (tertiary/aromatic N) is 2. The van der Waals surface area contributed by atoms with E-state index in [0.29, 0.717) is 19.1 Å². The highest BCUT2D eigenvalue weighted by molar-refractivity contribution is 5.77. The molecular formula is C15H26N4O2. The maximum atomic E-state index is 5.76. The monoisotopic (exact) mass is 294 g/mol. The summed E-state index contributed by atoms with van der Waals surface area (Å²) in [5.74, 6) is 1.29. The zero-order valence-electron chi connectivity index (χ0n) is 13.1. The van der Waals surface area contributed by atoms with Gasteiger partial charge in [0.05, 0.1) is 6.61 Å². The average Bonchev–Trinajstić information content (AvgIpc) is 2.51. The van der Waals surface area contributed by atoms with Gasteiger partial charge in [0.1, 0.15) is 12.4 Å². The van der Waals surface area contributed by atoms with E-state index in [2.05, 4.69) is 22.3 Å². The molecule has 3 N–H and O–H groups in total. The lowest BCUT2D eigenvalue weighted by Gasteiger charge is -2.16. The number of benzene rings is 1. The molecule has 0 unspecified atom stereocenters. The van der Waals surface area contributed by atoms with E-state index in [4.69, 9.17) is 15.2 Å². The van der Waals surface area contributed by atoms with Crippen LogP contribution < -0.4 is 15.8 Å². The second-order valence-electron chi connectivity index (χ2n) is 4.75. The predicted octanol–water partition coefficient (Wildman–Crippen LogP) is 0.678. The molecule has 0 aliphatic heterocycles. The van der Waals surface area contributed by atoms with Crippen LogP contribution in [-0.2, 0) is 11.3 Å². The molecule has 0 heterocycles. The number of ether oxygens (including phenoxy) is 2. The Hall–Kier alpha value is -1.79. The van der Waals surface area contributed by atoms with Gasteiger partial charge in [0.15, 0.2) is 5.96 Å². The Morgan fingerprint density at radius 1 is 1.33 bits per heavy atom. The van der Waals surface area contributed by atoms with Crippen molar-refractivity contribution in [2.75, 3.05) is 47.5 Å². The zero-order valence-corrected chi connectivity index (χ0v) is 13.1. The van der Waals surface area contributed by atoms with Gasteiger partial charge in [-0.1, -0.05) is 12.1 Å². The topological polar surface area (TPSA) is 72.1 Å². The molecule has 0 aliphatic rings. The van der Waals surface area contributed by atoms with Gasteiger partial charge in [-0.15, -0.1) is 0 Å². The minimum atomic E-state index is 0.432. The molecule has 1 aromatic carbocycles. The zero-order chi connectivity index (χ0) is 15.5. The van der Waals surface area contributed by atoms with Crippen molar-refractivity contribution in [3.05, 3.63) is 29.8 Å². The molecule has 0 saturated carbocycles. The fourth-order valence-corrected chi connectivity index (χ4v) is 1.70. The molecule has 1 aromatic rings. The Morgan fingerprint density at radius 3 is 2.81 bits per heavy atom. The van der Waals surface area contributed by atoms with E-state index in [-0.39, 0.29) is 0 Å². The molecule has 6 heteroatoms. The lowest BCUT2D eigenvalue weighted by atomic mass is 10.2. The first-order valence-corrected chi connectivity index (χ1v) is 7.01. The summed E-state index contributed by atoms with van der Waals surface area (Å²) in [6, 6.07) is 7.95. The largest absolute Gasteiger partial charge is 0.492 e. The van der Waals surface area contributed by atoms with Gasteiger partial charge in [0.2, 0.25) is 0 Å². The highest BCUT2D eigenvalue weighted by Gasteiger charge is 2.00. The van der Waals surface area contributed by atoms with E-state index in [1.807, 2.05) is 24.3 Å². The maximum Gasteiger partial charge on any atom is 0.188 e. The second-order valence-corrected chi connectivity index (χ2v) is 4.75. The van der Waals surface area contributed by atoms with Crippen molar-refractivity contribution in [1.82, 2.24) is 10.2 Å². The number of hydrogen-bond acceptors (Lipinski definition) is 4. The number of methoxy groups -OCH3 is 1. The van der Waals surface area contributed by atoms with Gasteiger partial charge in [-0.3, -0.25) is 4.99 Å². The molecule has 0 amide bonds. The number of guanidine groups is 1. The molecule has 118 valence electrons. The third-order valence-corrected chi connectivity index (χ3v) is 3.03. The molecule has 0 radical (unpaired) electrons. The summed E-state index contributed by atoms with van der Waals surface area (Å²) in [5, 5.41) is 3.02. The number of likely N-dealkylation sites (N-methyl/N-ethyl adjacent to an activating group) is 1. The molecule has 0 fully saturated rings. The van der Waals surface area contributed by atoms with Crippen LogP contribution in [0.5, 0.6) is 5.75 Å². The molecule has 0 spiro atoms. The summed E-state index contributed by atoms with van der Waals surface area (Å²) in [6.07, 6.45) is 0. The predicted molar refractivity (Wildman–Crippen MR) is 85.7 cm³/mol. The summed E-state index contributed by atoms with van der Waals surface area (Å²) in [6.45, 7) is 3.78. The van der Waals surface area contributed by atoms with Crippen LogP contribution in [-0.4, -0.2) is 58.4 Å². The Kier molecular flexibility index (Phi) is 8.23. The lowest BCUT2D eigenvalue weighted by molar-refractivity contribution is 0.150. The fourth-order valence-electron chi connectivity index (χ4n) is 1.70. The Labute approximate surface area is 126 Å². The number of nitrogens with two attached hydrogens (primary N) is 1. The van der Waals surface area contributed by atoms with Gasteiger partial charge in [-0.05, 0) is 24.7 Å². The van der Waals surface area contributed by atoms with Gasteiger partial charge in [0.25, 0.3) is 0 Å². The molecular weight excluding hydrogens is 268 g/mol. The van der Waals surface area contributed by atoms with Gasteiger partial charge in [0, 0.05) is 33.8 Å². The third-order valence-electron chi connectivity index (χ3n) is 3.03. The standard InChI is InChI=1S/C15H26N4O2/c1-17-15(16)18-12-13-5-4-6-14(11-13)21-10-8-19(2)7-9-20-3/h4-6,11H,7-10,12H2,1-3H3,(H3,16,17,18). The molecule has 6 nitrogen and oxygen atoms in total. The minimum absolute atomic E-state index is 0.432. The first-order valence-electron chi connectivity index (χ1n) is 7.01. The van der Waals surface area contributed by atoms with Crippen LogP contribution in [0.25, 0.3) is 0 Å². The smallest absolute Gasteiger partial charge is 0.188 e. The van der Waals surface area contributed by atoms with Crippen LogP contribution in [0, 0.1) is 0 Å². The molecule has 0 saturated heterocycles. The van der Waals surface area contributed by atoms with Gasteiger partial charge in [-0.25, -0.2) is 0 Å². The van der Waals surface area contributed by atoms with Crippen molar-refractivity contribution in [3.63, 3.8) is 0 Å². The van der Waals surface area contributed by atoms with E-state index >= 15 is 0 Å². The molecule has 0 atom stereocenters. The highest BCUT2D eigenvalue weighted by atomic mass is 16.5. The normalized spacial score (nSPS) is 11.7. The first-order chi connectivity index (χ1) is 10.2. The van der Waals surface area contributed by atoms with E-state index in [9.17, 15) is 0 Å². The Bertz CT molecular complexity index is 437. The van der Waals surface area contributed by atoms with E-state index in [0.717, 1.165) is 31.0 Å². The van der Waals surface area contributed by atoms with Gasteiger partial charge < -0.3 is 25.4 Å². The Balaban J connectivity index is 2.35. The summed E-state index contributed by atoms with van der Waals surface area (Å²) in [7, 11) is 5.41. The fraction of sp³-hybridized carbons (Fsp3) is 0.533. The van der Waals surface area contributed by atoms with Crippen LogP contribution in [0.15, 0.2) is 29.3 Å². The second kappa shape index (κ2) is 10.0. The minimum Gasteiger partial charge on any atom is -0.492 e. The lowest BCUT2D eigenvalue weighted by Crippen LogP contribution is -2.30. The van der Waals surface area contributed by atoms with Crippen LogP contribution >= 0.6 is 0 Å². The Morgan fingerprint density at radius 2 is 2.10 bits per heavy atom. The summed E-state index contributed by atoms with van der Waals surface area (Å²) < 4.78 is 10.8. The quantitative estimate of drug-likeness (QED) is 0.517. The van der Waals surface area contributed by atoms with E-state index < -0.39 is 0 Å². The van der Waals surface area contributed by atoms with Crippen molar-refractivity contribution in [2.24, 2.45) is 10.7 Å². The third kappa shape index (κ3) is 7.53.